The largest absolute Gasteiger partial charge is 0.480 e. The summed E-state index contributed by atoms with van der Waals surface area (Å²) in [6.07, 6.45) is 5.43. The first-order chi connectivity index (χ1) is 20.5. The number of likely N-dealkylation sites (tertiary alicyclic amines) is 1. The number of rotatable bonds is 7. The number of anilines is 1. The van der Waals surface area contributed by atoms with Gasteiger partial charge in [0.05, 0.1) is 18.3 Å². The van der Waals surface area contributed by atoms with Gasteiger partial charge in [0.15, 0.2) is 5.82 Å². The summed E-state index contributed by atoms with van der Waals surface area (Å²) in [6.45, 7) is 2.58. The Morgan fingerprint density at radius 1 is 1.05 bits per heavy atom. The molecule has 12 heteroatoms. The molecular weight excluding hydrogens is 560 g/mol. The third-order valence-corrected chi connectivity index (χ3v) is 7.73. The normalized spacial score (nSPS) is 17.3. The van der Waals surface area contributed by atoms with Gasteiger partial charge in [-0.1, -0.05) is 11.6 Å². The minimum atomic E-state index is -0.629. The average Bonchev–Trinajstić information content (AvgIpc) is 3.50. The van der Waals surface area contributed by atoms with Gasteiger partial charge in [-0.05, 0) is 61.7 Å². The number of amides is 1. The zero-order chi connectivity index (χ0) is 29.1. The van der Waals surface area contributed by atoms with Gasteiger partial charge in [0.25, 0.3) is 0 Å². The number of benzene rings is 1. The zero-order valence-corrected chi connectivity index (χ0v) is 23.7. The predicted octanol–water partition coefficient (Wildman–Crippen LogP) is 4.41. The Hall–Kier alpha value is -4.35. The van der Waals surface area contributed by atoms with Gasteiger partial charge in [0, 0.05) is 55.0 Å². The lowest BCUT2D eigenvalue weighted by Crippen LogP contribution is -2.38. The van der Waals surface area contributed by atoms with Crippen LogP contribution in [-0.4, -0.2) is 76.2 Å². The van der Waals surface area contributed by atoms with Crippen LogP contribution >= 0.6 is 11.6 Å². The molecule has 3 aromatic heterocycles. The second kappa shape index (κ2) is 12.3. The maximum atomic E-state index is 13.0. The van der Waals surface area contributed by atoms with Crippen molar-refractivity contribution in [1.29, 1.82) is 0 Å². The van der Waals surface area contributed by atoms with Gasteiger partial charge in [-0.3, -0.25) is 4.79 Å². The Balaban J connectivity index is 1.22. The number of nitrogens with zero attached hydrogens (tertiary/aromatic N) is 5. The quantitative estimate of drug-likeness (QED) is 0.245. The summed E-state index contributed by atoms with van der Waals surface area (Å²) in [4.78, 5) is 46.0. The number of nitrogens with one attached hydrogen (secondary N) is 1. The van der Waals surface area contributed by atoms with E-state index in [9.17, 15) is 9.59 Å². The molecule has 1 amide bonds. The van der Waals surface area contributed by atoms with E-state index >= 15 is 0 Å². The first kappa shape index (κ1) is 27.8. The van der Waals surface area contributed by atoms with Gasteiger partial charge in [0.1, 0.15) is 23.2 Å². The van der Waals surface area contributed by atoms with Crippen LogP contribution in [0.25, 0.3) is 22.3 Å². The number of hydrogen-bond donors (Lipinski definition) is 1. The first-order valence-electron chi connectivity index (χ1n) is 13.8. The number of fused-ring (bicyclic) bond motifs is 1. The molecule has 5 heterocycles. The fraction of sp³-hybridized carbons (Fsp3) is 0.333. The molecule has 1 atom stereocenters. The summed E-state index contributed by atoms with van der Waals surface area (Å²) in [6, 6.07) is 11.8. The van der Waals surface area contributed by atoms with E-state index in [4.69, 9.17) is 30.8 Å². The van der Waals surface area contributed by atoms with E-state index < -0.39 is 5.97 Å². The second-order valence-corrected chi connectivity index (χ2v) is 10.6. The highest BCUT2D eigenvalue weighted by molar-refractivity contribution is 6.30. The number of ether oxygens (including phenoxy) is 3. The molecule has 0 radical (unpaired) electrons. The lowest BCUT2D eigenvalue weighted by molar-refractivity contribution is -0.137. The van der Waals surface area contributed by atoms with Crippen molar-refractivity contribution in [2.24, 2.45) is 5.92 Å². The van der Waals surface area contributed by atoms with Crippen molar-refractivity contribution in [3.63, 3.8) is 0 Å². The van der Waals surface area contributed by atoms with Crippen LogP contribution in [0.15, 0.2) is 55.0 Å². The van der Waals surface area contributed by atoms with Gasteiger partial charge in [-0.15, -0.1) is 0 Å². The van der Waals surface area contributed by atoms with Crippen LogP contribution in [0.4, 0.5) is 5.82 Å². The van der Waals surface area contributed by atoms with E-state index in [1.165, 1.54) is 13.4 Å². The molecule has 2 aliphatic rings. The fourth-order valence-electron chi connectivity index (χ4n) is 5.25. The molecule has 216 valence electrons. The number of methoxy groups -OCH3 is 1. The Morgan fingerprint density at radius 3 is 2.64 bits per heavy atom. The van der Waals surface area contributed by atoms with E-state index in [2.05, 4.69) is 20.3 Å². The molecule has 2 saturated heterocycles. The van der Waals surface area contributed by atoms with E-state index in [0.29, 0.717) is 65.2 Å². The number of esters is 1. The first-order valence-corrected chi connectivity index (χ1v) is 14.1. The Bertz CT molecular complexity index is 1610. The number of carbonyl (C=O) groups is 2. The average molecular weight is 589 g/mol. The summed E-state index contributed by atoms with van der Waals surface area (Å²) in [5.74, 6) is 0.659. The van der Waals surface area contributed by atoms with Crippen molar-refractivity contribution < 1.29 is 23.8 Å². The number of aromatic nitrogens is 4. The third kappa shape index (κ3) is 5.97. The summed E-state index contributed by atoms with van der Waals surface area (Å²) < 4.78 is 16.2. The van der Waals surface area contributed by atoms with Crippen LogP contribution in [0.5, 0.6) is 11.6 Å². The smallest absolute Gasteiger partial charge is 0.349 e. The fourth-order valence-corrected chi connectivity index (χ4v) is 5.37. The third-order valence-electron chi connectivity index (χ3n) is 7.48. The zero-order valence-electron chi connectivity index (χ0n) is 23.0. The minimum Gasteiger partial charge on any atom is -0.480 e. The number of carbonyl (C=O) groups excluding carboxylic acids is 2. The maximum absolute atomic E-state index is 13.0. The second-order valence-electron chi connectivity index (χ2n) is 10.2. The maximum Gasteiger partial charge on any atom is 0.349 e. The topological polar surface area (TPSA) is 129 Å². The molecule has 2 fully saturated rings. The molecule has 2 aliphatic heterocycles. The van der Waals surface area contributed by atoms with Gasteiger partial charge >= 0.3 is 5.97 Å². The van der Waals surface area contributed by atoms with Crippen LogP contribution in [0.3, 0.4) is 0 Å². The molecular formula is C30H29ClN6O5. The molecule has 1 N–H and O–H groups in total. The van der Waals surface area contributed by atoms with Crippen LogP contribution < -0.4 is 14.8 Å². The minimum absolute atomic E-state index is 0.0353. The summed E-state index contributed by atoms with van der Waals surface area (Å²) >= 11 is 5.94. The van der Waals surface area contributed by atoms with Gasteiger partial charge in [0.2, 0.25) is 11.8 Å². The monoisotopic (exact) mass is 588 g/mol. The predicted molar refractivity (Wildman–Crippen MR) is 156 cm³/mol. The molecule has 11 nitrogen and oxygen atoms in total. The summed E-state index contributed by atoms with van der Waals surface area (Å²) in [7, 11) is 1.44. The number of halogens is 1. The van der Waals surface area contributed by atoms with E-state index in [1.54, 1.807) is 42.6 Å². The SMILES string of the molecule is COc1ncc(-c2ccc3ncnc(N[C@H]4CCN(C(=O)C5CCOCC5)C4)c3n2)cc1C(=O)Oc1ccc(Cl)cc1. The van der Waals surface area contributed by atoms with Crippen LogP contribution in [0, 0.1) is 5.92 Å². The van der Waals surface area contributed by atoms with Crippen molar-refractivity contribution in [2.75, 3.05) is 38.7 Å². The van der Waals surface area contributed by atoms with Crippen molar-refractivity contribution >= 4 is 40.3 Å². The standard InChI is InChI=1S/C30H29ClN6O5/c1-40-28-23(30(39)42-22-4-2-20(31)3-5-22)14-19(15-32-28)24-6-7-25-26(36-24)27(34-17-33-25)35-21-8-11-37(16-21)29(38)18-9-12-41-13-10-18/h2-7,14-15,17-18,21H,8-13,16H2,1H3,(H,33,34,35)/t21-/m0/s1. The summed E-state index contributed by atoms with van der Waals surface area (Å²) in [5.41, 5.74) is 2.54. The Labute approximate surface area is 247 Å². The molecule has 42 heavy (non-hydrogen) atoms. The lowest BCUT2D eigenvalue weighted by Gasteiger charge is -2.26. The Morgan fingerprint density at radius 2 is 1.86 bits per heavy atom. The molecule has 0 saturated carbocycles. The van der Waals surface area contributed by atoms with Gasteiger partial charge in [-0.25, -0.2) is 24.7 Å². The molecule has 0 spiro atoms. The van der Waals surface area contributed by atoms with Gasteiger partial charge in [-0.2, -0.15) is 0 Å². The van der Waals surface area contributed by atoms with Crippen molar-refractivity contribution in [3.8, 4) is 22.9 Å². The van der Waals surface area contributed by atoms with E-state index in [1.807, 2.05) is 11.0 Å². The van der Waals surface area contributed by atoms with Crippen LogP contribution in [-0.2, 0) is 9.53 Å². The Kier molecular flexibility index (Phi) is 8.11. The van der Waals surface area contributed by atoms with Crippen molar-refractivity contribution in [1.82, 2.24) is 24.8 Å². The number of pyridine rings is 2. The molecule has 1 aromatic carbocycles. The molecule has 0 aliphatic carbocycles. The highest BCUT2D eigenvalue weighted by atomic mass is 35.5. The lowest BCUT2D eigenvalue weighted by atomic mass is 9.99. The number of hydrogen-bond acceptors (Lipinski definition) is 10. The van der Waals surface area contributed by atoms with Crippen LogP contribution in [0.1, 0.15) is 29.6 Å². The van der Waals surface area contributed by atoms with Crippen molar-refractivity contribution in [3.05, 3.63) is 65.6 Å². The summed E-state index contributed by atoms with van der Waals surface area (Å²) in [5, 5.41) is 4.01. The van der Waals surface area contributed by atoms with Crippen molar-refractivity contribution in [2.45, 2.75) is 25.3 Å². The van der Waals surface area contributed by atoms with E-state index in [0.717, 1.165) is 19.3 Å². The highest BCUT2D eigenvalue weighted by Gasteiger charge is 2.32. The highest BCUT2D eigenvalue weighted by Crippen LogP contribution is 2.29. The molecule has 0 bridgehead atoms. The molecule has 0 unspecified atom stereocenters. The van der Waals surface area contributed by atoms with E-state index in [-0.39, 0.29) is 29.3 Å². The van der Waals surface area contributed by atoms with Gasteiger partial charge < -0.3 is 24.4 Å². The molecule has 6 rings (SSSR count). The molecule has 4 aromatic rings. The van der Waals surface area contributed by atoms with Crippen LogP contribution in [0.2, 0.25) is 5.02 Å².